The number of fused-ring (bicyclic) bond motifs is 6. The van der Waals surface area contributed by atoms with Gasteiger partial charge in [0.25, 0.3) is 0 Å². The van der Waals surface area contributed by atoms with E-state index < -0.39 is 0 Å². The lowest BCUT2D eigenvalue weighted by atomic mass is 9.95. The van der Waals surface area contributed by atoms with Crippen LogP contribution < -0.4 is 4.90 Å². The third kappa shape index (κ3) is 5.91. The largest absolute Gasteiger partial charge is 0.308 e. The Morgan fingerprint density at radius 3 is 1.39 bits per heavy atom. The summed E-state index contributed by atoms with van der Waals surface area (Å²) in [7, 11) is 0. The van der Waals surface area contributed by atoms with E-state index >= 15 is 0 Å². The lowest BCUT2D eigenvalue weighted by Crippen LogP contribution is -2.12. The van der Waals surface area contributed by atoms with Gasteiger partial charge in [-0.15, -0.1) is 22.7 Å². The van der Waals surface area contributed by atoms with E-state index in [2.05, 4.69) is 217 Å². The number of hydrogen-bond donors (Lipinski definition) is 0. The van der Waals surface area contributed by atoms with E-state index in [-0.39, 0.29) is 0 Å². The second-order valence-electron chi connectivity index (χ2n) is 14.5. The third-order valence-corrected chi connectivity index (χ3v) is 13.5. The molecule has 11 aromatic rings. The van der Waals surface area contributed by atoms with Crippen LogP contribution in [0.2, 0.25) is 0 Å². The second kappa shape index (κ2) is 14.1. The monoisotopic (exact) mass is 761 g/mol. The zero-order chi connectivity index (χ0) is 37.7. The molecule has 2 aromatic heterocycles. The number of anilines is 3. The predicted octanol–water partition coefficient (Wildman–Crippen LogP) is 16.6. The van der Waals surface area contributed by atoms with Crippen LogP contribution in [0.15, 0.2) is 212 Å². The van der Waals surface area contributed by atoms with Crippen LogP contribution >= 0.6 is 22.7 Å². The Morgan fingerprint density at radius 2 is 0.772 bits per heavy atom. The highest BCUT2D eigenvalue weighted by molar-refractivity contribution is 7.26. The molecule has 0 aliphatic heterocycles. The molecule has 3 heteroatoms. The molecule has 268 valence electrons. The van der Waals surface area contributed by atoms with E-state index in [4.69, 9.17) is 0 Å². The molecule has 0 amide bonds. The Morgan fingerprint density at radius 1 is 0.281 bits per heavy atom. The summed E-state index contributed by atoms with van der Waals surface area (Å²) in [5, 5.41) is 5.19. The zero-order valence-electron chi connectivity index (χ0n) is 31.0. The van der Waals surface area contributed by atoms with Crippen molar-refractivity contribution in [2.24, 2.45) is 0 Å². The molecule has 0 bridgehead atoms. The third-order valence-electron chi connectivity index (χ3n) is 11.1. The van der Waals surface area contributed by atoms with Crippen molar-refractivity contribution >= 4 is 80.1 Å². The predicted molar refractivity (Wildman–Crippen MR) is 249 cm³/mol. The molecule has 0 saturated heterocycles. The van der Waals surface area contributed by atoms with Crippen molar-refractivity contribution in [3.63, 3.8) is 0 Å². The van der Waals surface area contributed by atoms with Gasteiger partial charge in [-0.1, -0.05) is 170 Å². The van der Waals surface area contributed by atoms with E-state index in [0.29, 0.717) is 0 Å². The van der Waals surface area contributed by atoms with E-state index in [1.54, 1.807) is 0 Å². The van der Waals surface area contributed by atoms with Gasteiger partial charge in [0, 0.05) is 52.6 Å². The standard InChI is InChI=1S/C54H35NS2/c1-4-15-36(16-5-1)40-33-41(37-17-6-2-7-18-37)35-43(34-40)55(42-29-27-39(28-30-42)45-23-14-24-48-46-21-10-12-25-50(46)56-53(45)48)52-44(38-19-8-3-9-20-38)31-32-49-47-22-11-13-26-51(47)57-54(49)52/h1-35H. The topological polar surface area (TPSA) is 3.24 Å². The summed E-state index contributed by atoms with van der Waals surface area (Å²) in [6, 6.07) is 77.7. The van der Waals surface area contributed by atoms with Gasteiger partial charge in [-0.25, -0.2) is 0 Å². The highest BCUT2D eigenvalue weighted by Gasteiger charge is 2.24. The zero-order valence-corrected chi connectivity index (χ0v) is 32.6. The Labute approximate surface area is 340 Å². The summed E-state index contributed by atoms with van der Waals surface area (Å²) in [6.45, 7) is 0. The maximum Gasteiger partial charge on any atom is 0.0718 e. The highest BCUT2D eigenvalue weighted by Crippen LogP contribution is 2.51. The summed E-state index contributed by atoms with van der Waals surface area (Å²) in [6.07, 6.45) is 0. The SMILES string of the molecule is c1ccc(-c2cc(-c3ccccc3)cc(N(c3ccc(-c4cccc5c4sc4ccccc45)cc3)c3c(-c4ccccc4)ccc4c3sc3ccccc34)c2)cc1. The van der Waals surface area contributed by atoms with Crippen LogP contribution in [0.25, 0.3) is 84.9 Å². The fourth-order valence-corrected chi connectivity index (χ4v) is 10.8. The van der Waals surface area contributed by atoms with Crippen molar-refractivity contribution in [3.05, 3.63) is 212 Å². The Balaban J connectivity index is 1.19. The van der Waals surface area contributed by atoms with Gasteiger partial charge < -0.3 is 4.90 Å². The Kier molecular flexibility index (Phi) is 8.28. The van der Waals surface area contributed by atoms with Crippen LogP contribution in [0.3, 0.4) is 0 Å². The minimum absolute atomic E-state index is 1.11. The fourth-order valence-electron chi connectivity index (χ4n) is 8.35. The van der Waals surface area contributed by atoms with Crippen molar-refractivity contribution < 1.29 is 0 Å². The normalized spacial score (nSPS) is 11.5. The second-order valence-corrected chi connectivity index (χ2v) is 16.6. The first kappa shape index (κ1) is 33.5. The van der Waals surface area contributed by atoms with Crippen LogP contribution in [-0.2, 0) is 0 Å². The fraction of sp³-hybridized carbons (Fsp3) is 0. The van der Waals surface area contributed by atoms with Crippen molar-refractivity contribution in [2.75, 3.05) is 4.90 Å². The summed E-state index contributed by atoms with van der Waals surface area (Å²) in [5.41, 5.74) is 13.0. The Hall–Kier alpha value is -6.78. The van der Waals surface area contributed by atoms with E-state index in [1.807, 2.05) is 22.7 Å². The molecule has 0 radical (unpaired) electrons. The summed E-state index contributed by atoms with van der Waals surface area (Å²) in [4.78, 5) is 2.52. The number of hydrogen-bond acceptors (Lipinski definition) is 3. The first-order valence-electron chi connectivity index (χ1n) is 19.3. The van der Waals surface area contributed by atoms with Crippen LogP contribution in [-0.4, -0.2) is 0 Å². The average molecular weight is 762 g/mol. The van der Waals surface area contributed by atoms with Crippen LogP contribution in [0.5, 0.6) is 0 Å². The lowest BCUT2D eigenvalue weighted by molar-refractivity contribution is 1.30. The van der Waals surface area contributed by atoms with Crippen LogP contribution in [0.1, 0.15) is 0 Å². The van der Waals surface area contributed by atoms with Gasteiger partial charge in [0.15, 0.2) is 0 Å². The summed E-state index contributed by atoms with van der Waals surface area (Å²) >= 11 is 3.76. The molecule has 57 heavy (non-hydrogen) atoms. The molecular formula is C54H35NS2. The van der Waals surface area contributed by atoms with Gasteiger partial charge in [-0.2, -0.15) is 0 Å². The molecule has 11 rings (SSSR count). The molecule has 1 nitrogen and oxygen atoms in total. The maximum absolute atomic E-state index is 2.52. The van der Waals surface area contributed by atoms with E-state index in [1.165, 1.54) is 90.5 Å². The minimum Gasteiger partial charge on any atom is -0.308 e. The number of nitrogens with zero attached hydrogens (tertiary/aromatic N) is 1. The van der Waals surface area contributed by atoms with E-state index in [0.717, 1.165) is 11.4 Å². The number of thiophene rings is 2. The molecule has 0 fully saturated rings. The minimum atomic E-state index is 1.11. The number of rotatable bonds is 7. The Bertz CT molecular complexity index is 3160. The van der Waals surface area contributed by atoms with Crippen molar-refractivity contribution in [2.45, 2.75) is 0 Å². The van der Waals surface area contributed by atoms with Crippen LogP contribution in [0, 0.1) is 0 Å². The lowest BCUT2D eigenvalue weighted by Gasteiger charge is -2.30. The highest BCUT2D eigenvalue weighted by atomic mass is 32.1. The molecule has 0 saturated carbocycles. The van der Waals surface area contributed by atoms with Crippen LogP contribution in [0.4, 0.5) is 17.1 Å². The average Bonchev–Trinajstić information content (AvgIpc) is 3.87. The maximum atomic E-state index is 2.52. The van der Waals surface area contributed by atoms with E-state index in [9.17, 15) is 0 Å². The smallest absolute Gasteiger partial charge is 0.0718 e. The van der Waals surface area contributed by atoms with Gasteiger partial charge >= 0.3 is 0 Å². The molecule has 2 heterocycles. The van der Waals surface area contributed by atoms with Crippen molar-refractivity contribution in [1.29, 1.82) is 0 Å². The van der Waals surface area contributed by atoms with Gasteiger partial charge in [-0.05, 0) is 81.4 Å². The summed E-state index contributed by atoms with van der Waals surface area (Å²) < 4.78 is 5.20. The molecule has 0 N–H and O–H groups in total. The molecule has 0 spiro atoms. The van der Waals surface area contributed by atoms with Gasteiger partial charge in [0.1, 0.15) is 0 Å². The van der Waals surface area contributed by atoms with Crippen molar-refractivity contribution in [3.8, 4) is 44.5 Å². The molecule has 0 atom stereocenters. The molecule has 0 aliphatic carbocycles. The van der Waals surface area contributed by atoms with Gasteiger partial charge in [-0.3, -0.25) is 0 Å². The van der Waals surface area contributed by atoms with Crippen molar-refractivity contribution in [1.82, 2.24) is 0 Å². The molecular weight excluding hydrogens is 727 g/mol. The number of benzene rings is 9. The molecule has 9 aromatic carbocycles. The first-order valence-corrected chi connectivity index (χ1v) is 21.0. The van der Waals surface area contributed by atoms with Gasteiger partial charge in [0.2, 0.25) is 0 Å². The quantitative estimate of drug-likeness (QED) is 0.156. The van der Waals surface area contributed by atoms with Gasteiger partial charge in [0.05, 0.1) is 10.4 Å². The first-order chi connectivity index (χ1) is 28.3. The molecule has 0 aliphatic rings. The summed E-state index contributed by atoms with van der Waals surface area (Å²) in [5.74, 6) is 0. The molecule has 0 unspecified atom stereocenters.